The molecule has 2 rings (SSSR count). The van der Waals surface area contributed by atoms with Crippen molar-refractivity contribution < 1.29 is 12.0 Å². The molecule has 0 fully saturated rings. The lowest BCUT2D eigenvalue weighted by Crippen LogP contribution is -2.25. The van der Waals surface area contributed by atoms with E-state index in [-0.39, 0.29) is 8.67 Å². The molecule has 0 aliphatic carbocycles. The first kappa shape index (κ1) is 16.7. The molecule has 2 aromatic carbocycles. The summed E-state index contributed by atoms with van der Waals surface area (Å²) in [6, 6.07) is 9.86. The number of carbonyl (C=O) groups excluding carboxylic acids is 1. The molecule has 0 aromatic heterocycles. The lowest BCUT2D eigenvalue weighted by Gasteiger charge is -2.10. The number of nitrogens with one attached hydrogen (secondary N) is 2. The Kier molecular flexibility index (Phi) is 5.46. The van der Waals surface area contributed by atoms with E-state index in [0.717, 1.165) is 27.9 Å². The average Bonchev–Trinajstić information content (AvgIpc) is 2.52. The largest absolute Gasteiger partial charge is 0.339 e. The number of nitrogens with zero attached hydrogens (tertiary/aromatic N) is 1. The number of aryl methyl sites for hydroxylation is 3. The van der Waals surface area contributed by atoms with Crippen molar-refractivity contribution in [3.8, 4) is 0 Å². The van der Waals surface area contributed by atoms with Crippen LogP contribution in [-0.4, -0.2) is 12.2 Å². The summed E-state index contributed by atoms with van der Waals surface area (Å²) in [6.07, 6.45) is 2.20. The maximum absolute atomic E-state index is 13.2. The van der Waals surface area contributed by atoms with E-state index in [9.17, 15) is 9.18 Å². The van der Waals surface area contributed by atoms with Gasteiger partial charge in [-0.2, -0.15) is 5.10 Å². The highest BCUT2D eigenvalue weighted by Crippen LogP contribution is 2.19. The van der Waals surface area contributed by atoms with E-state index in [4.69, 9.17) is 0 Å². The number of benzene rings is 2. The van der Waals surface area contributed by atoms with Crippen molar-refractivity contribution in [2.75, 3.05) is 5.32 Å². The molecule has 124 valence electrons. The highest BCUT2D eigenvalue weighted by atomic mass is 19.1. The van der Waals surface area contributed by atoms with Gasteiger partial charge in [0.05, 0.1) is 6.21 Å². The molecule has 0 aliphatic rings. The van der Waals surface area contributed by atoms with Crippen LogP contribution >= 0.6 is 0 Å². The van der Waals surface area contributed by atoms with Crippen LogP contribution in [0.1, 0.15) is 32.0 Å². The Morgan fingerprint density at radius 3 is 2.61 bits per heavy atom. The van der Waals surface area contributed by atoms with Gasteiger partial charge in [-0.05, 0) is 54.7 Å². The summed E-state index contributed by atoms with van der Waals surface area (Å²) in [4.78, 5) is 11.9. The van der Waals surface area contributed by atoms with Crippen molar-refractivity contribution in [3.63, 3.8) is 0 Å². The number of para-hydroxylation sites is 1. The highest BCUT2D eigenvalue weighted by molar-refractivity contribution is 5.92. The maximum Gasteiger partial charge on any atom is 0.339 e. The summed E-state index contributed by atoms with van der Waals surface area (Å²) in [5.74, 6) is -0.278. The van der Waals surface area contributed by atoms with Crippen molar-refractivity contribution >= 4 is 17.9 Å². The predicted molar refractivity (Wildman–Crippen MR) is 95.7 cm³/mol. The number of urea groups is 1. The van der Waals surface area contributed by atoms with Crippen LogP contribution in [0.5, 0.6) is 0 Å². The van der Waals surface area contributed by atoms with Crippen LogP contribution < -0.4 is 10.7 Å². The van der Waals surface area contributed by atoms with Crippen LogP contribution in [0.15, 0.2) is 41.5 Å². The van der Waals surface area contributed by atoms with E-state index in [1.54, 1.807) is 6.07 Å². The highest BCUT2D eigenvalue weighted by Gasteiger charge is 2.06. The summed E-state index contributed by atoms with van der Waals surface area (Å²) >= 11 is 0. The van der Waals surface area contributed by atoms with Gasteiger partial charge in [-0.15, -0.1) is 0 Å². The van der Waals surface area contributed by atoms with Gasteiger partial charge in [-0.1, -0.05) is 31.2 Å². The van der Waals surface area contributed by atoms with Gasteiger partial charge in [0.2, 0.25) is 0 Å². The van der Waals surface area contributed by atoms with Crippen molar-refractivity contribution in [1.29, 1.82) is 0 Å². The first-order valence-electron chi connectivity index (χ1n) is 7.46. The first-order valence-corrected chi connectivity index (χ1v) is 7.46. The maximum atomic E-state index is 13.2. The van der Waals surface area contributed by atoms with Crippen molar-refractivity contribution in [3.05, 3.63) is 64.5 Å². The molecule has 2 aromatic rings. The van der Waals surface area contributed by atoms with Crippen molar-refractivity contribution in [1.82, 2.24) is 5.43 Å². The normalized spacial score (nSPS) is 10.8. The van der Waals surface area contributed by atoms with Gasteiger partial charge in [0.25, 0.3) is 0 Å². The Morgan fingerprint density at radius 1 is 1.26 bits per heavy atom. The van der Waals surface area contributed by atoms with E-state index in [2.05, 4.69) is 15.8 Å². The van der Waals surface area contributed by atoms with Crippen molar-refractivity contribution in [2.24, 2.45) is 5.10 Å². The van der Waals surface area contributed by atoms with Crippen LogP contribution in [0.2, 0.25) is 0 Å². The predicted octanol–water partition coefficient (Wildman–Crippen LogP) is 4.65. The van der Waals surface area contributed by atoms with Gasteiger partial charge >= 0.3 is 6.03 Å². The second-order valence-corrected chi connectivity index (χ2v) is 5.29. The van der Waals surface area contributed by atoms with Gasteiger partial charge < -0.3 is 5.32 Å². The topological polar surface area (TPSA) is 53.5 Å². The summed E-state index contributed by atoms with van der Waals surface area (Å²) < 4.78 is 13.2. The smallest absolute Gasteiger partial charge is 0.306 e. The molecule has 0 heterocycles. The van der Waals surface area contributed by atoms with Crippen LogP contribution in [0.4, 0.5) is 14.9 Å². The molecule has 0 bridgehead atoms. The molecule has 0 unspecified atom stereocenters. The van der Waals surface area contributed by atoms with Gasteiger partial charge in [0.15, 0.2) is 0 Å². The third-order valence-corrected chi connectivity index (χ3v) is 3.58. The Bertz CT molecular complexity index is 731. The lowest BCUT2D eigenvalue weighted by molar-refractivity contribution is 0.252. The van der Waals surface area contributed by atoms with Crippen LogP contribution in [0.3, 0.4) is 0 Å². The van der Waals surface area contributed by atoms with E-state index in [1.807, 2.05) is 39.0 Å². The van der Waals surface area contributed by atoms with E-state index >= 15 is 0 Å². The number of hydrazone groups is 1. The van der Waals surface area contributed by atoms with Gasteiger partial charge in [-0.3, -0.25) is 0 Å². The fourth-order valence-corrected chi connectivity index (χ4v) is 2.32. The molecule has 0 saturated heterocycles. The first-order chi connectivity index (χ1) is 11.0. The monoisotopic (exact) mass is 317 g/mol. The average molecular weight is 317 g/mol. The minimum absolute atomic E-state index is 0. The standard InChI is InChI=1S/C18H20FN3O.2H2/c1-4-14-10-16(19)9-8-15(14)11-20-22-18(23)21-17-12(2)6-5-7-13(17)3;;/h5-11H,4H2,1-3H3,(H2,21,22,23);2*1H/b20-11+;;. The summed E-state index contributed by atoms with van der Waals surface area (Å²) in [5, 5.41) is 6.70. The third-order valence-electron chi connectivity index (χ3n) is 3.58. The molecule has 2 amide bonds. The Morgan fingerprint density at radius 2 is 1.96 bits per heavy atom. The fraction of sp³-hybridized carbons (Fsp3) is 0.222. The van der Waals surface area contributed by atoms with Crippen LogP contribution in [-0.2, 0) is 6.42 Å². The zero-order valence-corrected chi connectivity index (χ0v) is 13.5. The number of halogens is 1. The van der Waals surface area contributed by atoms with E-state index in [1.165, 1.54) is 18.3 Å². The fourth-order valence-electron chi connectivity index (χ4n) is 2.32. The molecular weight excluding hydrogens is 293 g/mol. The molecule has 5 heteroatoms. The molecule has 0 aliphatic heterocycles. The molecule has 2 N–H and O–H groups in total. The molecule has 0 spiro atoms. The molecule has 23 heavy (non-hydrogen) atoms. The summed E-state index contributed by atoms with van der Waals surface area (Å²) in [7, 11) is 0. The van der Waals surface area contributed by atoms with E-state index in [0.29, 0.717) is 6.42 Å². The second kappa shape index (κ2) is 7.54. The van der Waals surface area contributed by atoms with Gasteiger partial charge in [-0.25, -0.2) is 14.6 Å². The second-order valence-electron chi connectivity index (χ2n) is 5.29. The van der Waals surface area contributed by atoms with Crippen molar-refractivity contribution in [2.45, 2.75) is 27.2 Å². The minimum atomic E-state index is -0.418. The van der Waals surface area contributed by atoms with Gasteiger partial charge in [0, 0.05) is 8.54 Å². The lowest BCUT2D eigenvalue weighted by atomic mass is 10.1. The molecule has 0 saturated carbocycles. The Hall–Kier alpha value is -2.69. The number of carbonyl (C=O) groups is 1. The minimum Gasteiger partial charge on any atom is -0.306 e. The van der Waals surface area contributed by atoms with Gasteiger partial charge in [0.1, 0.15) is 5.82 Å². The summed E-state index contributed by atoms with van der Waals surface area (Å²) in [5.41, 5.74) is 6.78. The molecule has 0 radical (unpaired) electrons. The quantitative estimate of drug-likeness (QED) is 0.626. The third kappa shape index (κ3) is 4.39. The van der Waals surface area contributed by atoms with Crippen LogP contribution in [0.25, 0.3) is 0 Å². The molecular formula is C18H24FN3O. The van der Waals surface area contributed by atoms with E-state index < -0.39 is 6.03 Å². The number of hydrogen-bond donors (Lipinski definition) is 2. The number of hydrogen-bond acceptors (Lipinski definition) is 2. The SMILES string of the molecule is CCc1cc(F)ccc1/C=N/NC(=O)Nc1c(C)cccc1C.[HH].[HH]. The van der Waals surface area contributed by atoms with Crippen LogP contribution in [0, 0.1) is 19.7 Å². The summed E-state index contributed by atoms with van der Waals surface area (Å²) in [6.45, 7) is 5.79. The molecule has 0 atom stereocenters. The molecule has 4 nitrogen and oxygen atoms in total. The number of amides is 2. The Balaban J connectivity index is 0.00000288. The zero-order chi connectivity index (χ0) is 16.8. The number of anilines is 1. The Labute approximate surface area is 138 Å². The number of rotatable bonds is 4. The zero-order valence-electron chi connectivity index (χ0n) is 13.5.